The number of allylic oxidation sites excluding steroid dienone is 1. The summed E-state index contributed by atoms with van der Waals surface area (Å²) in [6.45, 7) is 4.03. The Hall–Kier alpha value is -0.340. The fourth-order valence-electron chi connectivity index (χ4n) is 2.35. The van der Waals surface area contributed by atoms with E-state index >= 15 is 0 Å². The van der Waals surface area contributed by atoms with Gasteiger partial charge in [0.25, 0.3) is 0 Å². The first kappa shape index (κ1) is 9.22. The van der Waals surface area contributed by atoms with Crippen LogP contribution in [0.3, 0.4) is 0 Å². The molecule has 1 aliphatic heterocycles. The number of fused-ring (bicyclic) bond motifs is 1. The van der Waals surface area contributed by atoms with E-state index in [1.54, 1.807) is 0 Å². The van der Waals surface area contributed by atoms with Crippen LogP contribution in [0, 0.1) is 0 Å². The number of epoxide rings is 1. The third-order valence-corrected chi connectivity index (χ3v) is 3.13. The highest BCUT2D eigenvalue weighted by Crippen LogP contribution is 2.50. The number of ether oxygens (including phenoxy) is 1. The predicted octanol–water partition coefficient (Wildman–Crippen LogP) is 2.03. The van der Waals surface area contributed by atoms with Crippen molar-refractivity contribution in [1.29, 1.82) is 0 Å². The molecule has 1 unspecified atom stereocenters. The summed E-state index contributed by atoms with van der Waals surface area (Å²) in [7, 11) is 0. The molecule has 1 saturated carbocycles. The fourth-order valence-corrected chi connectivity index (χ4v) is 2.35. The minimum absolute atomic E-state index is 0.185. The normalized spacial score (nSPS) is 39.2. The van der Waals surface area contributed by atoms with Crippen LogP contribution in [0.25, 0.3) is 0 Å². The summed E-state index contributed by atoms with van der Waals surface area (Å²) >= 11 is 0. The van der Waals surface area contributed by atoms with E-state index in [0.717, 1.165) is 12.8 Å². The fraction of sp³-hybridized carbons (Fsp3) is 0.818. The van der Waals surface area contributed by atoms with Crippen LogP contribution in [-0.2, 0) is 4.74 Å². The quantitative estimate of drug-likeness (QED) is 0.523. The van der Waals surface area contributed by atoms with Crippen molar-refractivity contribution in [2.45, 2.75) is 57.3 Å². The Balaban J connectivity index is 2.04. The minimum atomic E-state index is -0.386. The first-order chi connectivity index (χ1) is 6.15. The second-order valence-electron chi connectivity index (χ2n) is 4.50. The molecular weight excluding hydrogens is 164 g/mol. The summed E-state index contributed by atoms with van der Waals surface area (Å²) < 4.78 is 5.63. The van der Waals surface area contributed by atoms with Gasteiger partial charge in [-0.3, -0.25) is 0 Å². The molecule has 3 atom stereocenters. The molecule has 0 aromatic carbocycles. The summed E-state index contributed by atoms with van der Waals surface area (Å²) in [6, 6.07) is 0. The molecule has 1 heterocycles. The van der Waals surface area contributed by atoms with Crippen molar-refractivity contribution in [3.05, 3.63) is 11.6 Å². The first-order valence-corrected chi connectivity index (χ1v) is 5.16. The molecule has 2 aliphatic rings. The molecular formula is C11H18O2. The molecule has 2 rings (SSSR count). The van der Waals surface area contributed by atoms with Crippen LogP contribution in [0.2, 0.25) is 0 Å². The Labute approximate surface area is 79.6 Å². The molecule has 0 aromatic heterocycles. The van der Waals surface area contributed by atoms with Crippen LogP contribution in [0.15, 0.2) is 11.6 Å². The highest BCUT2D eigenvalue weighted by molar-refractivity contribution is 5.17. The largest absolute Gasteiger partial charge is 0.386 e. The number of aliphatic hydroxyl groups is 1. The van der Waals surface area contributed by atoms with Gasteiger partial charge >= 0.3 is 0 Å². The van der Waals surface area contributed by atoms with Gasteiger partial charge in [-0.15, -0.1) is 0 Å². The zero-order valence-electron chi connectivity index (χ0n) is 8.42. The molecule has 2 fully saturated rings. The number of hydrogen-bond acceptors (Lipinski definition) is 2. The van der Waals surface area contributed by atoms with Crippen molar-refractivity contribution >= 4 is 0 Å². The lowest BCUT2D eigenvalue weighted by atomic mass is 9.84. The highest BCUT2D eigenvalue weighted by Gasteiger charge is 2.60. The van der Waals surface area contributed by atoms with E-state index in [2.05, 4.69) is 0 Å². The van der Waals surface area contributed by atoms with E-state index in [9.17, 15) is 5.11 Å². The van der Waals surface area contributed by atoms with Crippen LogP contribution in [-0.4, -0.2) is 22.9 Å². The van der Waals surface area contributed by atoms with Gasteiger partial charge in [-0.1, -0.05) is 24.5 Å². The smallest absolute Gasteiger partial charge is 0.124 e. The van der Waals surface area contributed by atoms with Crippen LogP contribution < -0.4 is 0 Å². The van der Waals surface area contributed by atoms with Gasteiger partial charge in [0.2, 0.25) is 0 Å². The molecule has 74 valence electrons. The van der Waals surface area contributed by atoms with Gasteiger partial charge in [-0.05, 0) is 26.7 Å². The average molecular weight is 182 g/mol. The van der Waals surface area contributed by atoms with Crippen molar-refractivity contribution in [3.63, 3.8) is 0 Å². The highest BCUT2D eigenvalue weighted by atomic mass is 16.6. The van der Waals surface area contributed by atoms with Crippen LogP contribution in [0.1, 0.15) is 39.5 Å². The molecule has 1 aliphatic carbocycles. The van der Waals surface area contributed by atoms with Crippen LogP contribution in [0.5, 0.6) is 0 Å². The topological polar surface area (TPSA) is 32.8 Å². The average Bonchev–Trinajstić information content (AvgIpc) is 2.77. The lowest BCUT2D eigenvalue weighted by Gasteiger charge is -2.20. The lowest BCUT2D eigenvalue weighted by molar-refractivity contribution is 0.103. The SMILES string of the molecule is CC(C)=CC(O)[C@@]12CCCC[C@@H]1O2. The molecule has 2 heteroatoms. The van der Waals surface area contributed by atoms with Crippen molar-refractivity contribution < 1.29 is 9.84 Å². The number of aliphatic hydroxyl groups excluding tert-OH is 1. The Morgan fingerprint density at radius 2 is 2.31 bits per heavy atom. The zero-order valence-corrected chi connectivity index (χ0v) is 8.42. The monoisotopic (exact) mass is 182 g/mol. The Kier molecular flexibility index (Phi) is 2.20. The third-order valence-electron chi connectivity index (χ3n) is 3.13. The van der Waals surface area contributed by atoms with Gasteiger partial charge in [-0.2, -0.15) is 0 Å². The number of hydrogen-bond donors (Lipinski definition) is 1. The van der Waals surface area contributed by atoms with Gasteiger partial charge in [-0.25, -0.2) is 0 Å². The van der Waals surface area contributed by atoms with Crippen LogP contribution >= 0.6 is 0 Å². The van der Waals surface area contributed by atoms with Gasteiger partial charge < -0.3 is 9.84 Å². The Morgan fingerprint density at radius 1 is 1.54 bits per heavy atom. The van der Waals surface area contributed by atoms with Crippen molar-refractivity contribution in [2.24, 2.45) is 0 Å². The van der Waals surface area contributed by atoms with Gasteiger partial charge in [0, 0.05) is 0 Å². The Bertz CT molecular complexity index is 230. The van der Waals surface area contributed by atoms with E-state index < -0.39 is 0 Å². The van der Waals surface area contributed by atoms with Crippen molar-refractivity contribution in [3.8, 4) is 0 Å². The maximum Gasteiger partial charge on any atom is 0.124 e. The molecule has 13 heavy (non-hydrogen) atoms. The maximum atomic E-state index is 9.94. The van der Waals surface area contributed by atoms with Crippen molar-refractivity contribution in [2.75, 3.05) is 0 Å². The van der Waals surface area contributed by atoms with Crippen molar-refractivity contribution in [1.82, 2.24) is 0 Å². The standard InChI is InChI=1S/C11H18O2/c1-8(2)7-9(12)11-6-4-3-5-10(11)13-11/h7,9-10,12H,3-6H2,1-2H3/t9?,10-,11-/m0/s1. The molecule has 2 nitrogen and oxygen atoms in total. The maximum absolute atomic E-state index is 9.94. The lowest BCUT2D eigenvalue weighted by Crippen LogP contribution is -2.32. The summed E-state index contributed by atoms with van der Waals surface area (Å²) in [5.74, 6) is 0. The van der Waals surface area contributed by atoms with Gasteiger partial charge in [0.1, 0.15) is 11.7 Å². The molecule has 0 bridgehead atoms. The Morgan fingerprint density at radius 3 is 2.92 bits per heavy atom. The summed E-state index contributed by atoms with van der Waals surface area (Å²) in [5, 5.41) is 9.94. The van der Waals surface area contributed by atoms with E-state index in [-0.39, 0.29) is 11.7 Å². The van der Waals surface area contributed by atoms with Gasteiger partial charge in [0.05, 0.1) is 6.10 Å². The van der Waals surface area contributed by atoms with E-state index in [1.807, 2.05) is 19.9 Å². The van der Waals surface area contributed by atoms with Gasteiger partial charge in [0.15, 0.2) is 0 Å². The second-order valence-corrected chi connectivity index (χ2v) is 4.50. The van der Waals surface area contributed by atoms with E-state index in [0.29, 0.717) is 6.10 Å². The number of rotatable bonds is 2. The molecule has 1 saturated heterocycles. The molecule has 0 aromatic rings. The molecule has 1 N–H and O–H groups in total. The third kappa shape index (κ3) is 1.53. The minimum Gasteiger partial charge on any atom is -0.386 e. The summed E-state index contributed by atoms with van der Waals surface area (Å²) in [4.78, 5) is 0. The molecule has 0 amide bonds. The van der Waals surface area contributed by atoms with E-state index in [1.165, 1.54) is 18.4 Å². The molecule has 0 radical (unpaired) electrons. The zero-order chi connectivity index (χ0) is 9.47. The predicted molar refractivity (Wildman–Crippen MR) is 51.5 cm³/mol. The second kappa shape index (κ2) is 3.10. The summed E-state index contributed by atoms with van der Waals surface area (Å²) in [5.41, 5.74) is 0.983. The first-order valence-electron chi connectivity index (χ1n) is 5.16. The van der Waals surface area contributed by atoms with E-state index in [4.69, 9.17) is 4.74 Å². The van der Waals surface area contributed by atoms with Crippen LogP contribution in [0.4, 0.5) is 0 Å². The summed E-state index contributed by atoms with van der Waals surface area (Å²) in [6.07, 6.45) is 6.49. The molecule has 0 spiro atoms.